The van der Waals surface area contributed by atoms with E-state index in [-0.39, 0.29) is 0 Å². The van der Waals surface area contributed by atoms with Crippen molar-refractivity contribution in [1.82, 2.24) is 0 Å². The first-order valence-electron chi connectivity index (χ1n) is 4.95. The zero-order chi connectivity index (χ0) is 11.3. The van der Waals surface area contributed by atoms with Gasteiger partial charge in [-0.3, -0.25) is 0 Å². The highest BCUT2D eigenvalue weighted by Gasteiger charge is 2.08. The quantitative estimate of drug-likeness (QED) is 0.759. The van der Waals surface area contributed by atoms with Crippen LogP contribution < -0.4 is 5.73 Å². The van der Waals surface area contributed by atoms with Gasteiger partial charge in [0.25, 0.3) is 0 Å². The van der Waals surface area contributed by atoms with E-state index in [9.17, 15) is 0 Å². The van der Waals surface area contributed by atoms with Crippen LogP contribution in [0.25, 0.3) is 0 Å². The summed E-state index contributed by atoms with van der Waals surface area (Å²) in [6.45, 7) is 7.94. The summed E-state index contributed by atoms with van der Waals surface area (Å²) in [4.78, 5) is 0. The largest absolute Gasteiger partial charge is 0.326 e. The molecular weight excluding hydrogens is 206 g/mol. The van der Waals surface area contributed by atoms with Crippen LogP contribution in [-0.2, 0) is 19.4 Å². The minimum absolute atomic E-state index is 0.470. The van der Waals surface area contributed by atoms with Gasteiger partial charge in [0, 0.05) is 11.6 Å². The summed E-state index contributed by atoms with van der Waals surface area (Å²) < 4.78 is 0. The summed E-state index contributed by atoms with van der Waals surface area (Å²) in [5, 5.41) is 0.775. The Morgan fingerprint density at radius 1 is 1.13 bits per heavy atom. The third kappa shape index (κ3) is 2.71. The van der Waals surface area contributed by atoms with Crippen LogP contribution in [0.1, 0.15) is 16.7 Å². The van der Waals surface area contributed by atoms with Gasteiger partial charge in [-0.1, -0.05) is 35.9 Å². The van der Waals surface area contributed by atoms with Gasteiger partial charge >= 0.3 is 0 Å². The van der Waals surface area contributed by atoms with Gasteiger partial charge in [0.1, 0.15) is 0 Å². The molecule has 0 aliphatic rings. The molecule has 2 heteroatoms. The first-order valence-corrected chi connectivity index (χ1v) is 5.33. The number of hydrogen-bond donors (Lipinski definition) is 1. The smallest absolute Gasteiger partial charge is 0.0488 e. The van der Waals surface area contributed by atoms with Crippen molar-refractivity contribution in [2.45, 2.75) is 19.4 Å². The van der Waals surface area contributed by atoms with E-state index in [4.69, 9.17) is 17.3 Å². The fourth-order valence-corrected chi connectivity index (χ4v) is 1.92. The van der Waals surface area contributed by atoms with Gasteiger partial charge in [0.05, 0.1) is 0 Å². The van der Waals surface area contributed by atoms with Crippen molar-refractivity contribution in [1.29, 1.82) is 0 Å². The highest BCUT2D eigenvalue weighted by Crippen LogP contribution is 2.26. The van der Waals surface area contributed by atoms with Gasteiger partial charge in [-0.05, 0) is 29.5 Å². The Morgan fingerprint density at radius 2 is 1.73 bits per heavy atom. The van der Waals surface area contributed by atoms with Crippen molar-refractivity contribution >= 4 is 11.6 Å². The lowest BCUT2D eigenvalue weighted by Crippen LogP contribution is -2.02. The van der Waals surface area contributed by atoms with Crippen LogP contribution in [0.3, 0.4) is 0 Å². The Morgan fingerprint density at radius 3 is 2.27 bits per heavy atom. The number of allylic oxidation sites excluding steroid dienone is 2. The molecule has 0 aromatic heterocycles. The normalized spacial score (nSPS) is 10.0. The monoisotopic (exact) mass is 221 g/mol. The van der Waals surface area contributed by atoms with Crippen LogP contribution in [0.4, 0.5) is 0 Å². The van der Waals surface area contributed by atoms with Gasteiger partial charge in [-0.25, -0.2) is 0 Å². The molecule has 1 nitrogen and oxygen atoms in total. The molecule has 1 rings (SSSR count). The Kier molecular flexibility index (Phi) is 4.60. The molecule has 0 amide bonds. The van der Waals surface area contributed by atoms with Gasteiger partial charge < -0.3 is 5.73 Å². The van der Waals surface area contributed by atoms with E-state index in [1.54, 1.807) is 0 Å². The van der Waals surface area contributed by atoms with Crippen LogP contribution in [-0.4, -0.2) is 0 Å². The van der Waals surface area contributed by atoms with Gasteiger partial charge in [0.2, 0.25) is 0 Å². The van der Waals surface area contributed by atoms with Crippen LogP contribution in [0.15, 0.2) is 37.4 Å². The minimum Gasteiger partial charge on any atom is -0.326 e. The maximum absolute atomic E-state index is 6.27. The lowest BCUT2D eigenvalue weighted by Gasteiger charge is -2.11. The summed E-state index contributed by atoms with van der Waals surface area (Å²) in [6, 6.07) is 4.04. The fraction of sp³-hybridized carbons (Fsp3) is 0.231. The third-order valence-electron chi connectivity index (χ3n) is 2.35. The lowest BCUT2D eigenvalue weighted by atomic mass is 9.98. The minimum atomic E-state index is 0.470. The summed E-state index contributed by atoms with van der Waals surface area (Å²) in [6.07, 6.45) is 5.33. The summed E-state index contributed by atoms with van der Waals surface area (Å²) >= 11 is 6.27. The summed E-state index contributed by atoms with van der Waals surface area (Å²) in [5.41, 5.74) is 8.92. The molecule has 1 aromatic rings. The average molecular weight is 222 g/mol. The summed E-state index contributed by atoms with van der Waals surface area (Å²) in [7, 11) is 0. The number of benzene rings is 1. The molecule has 0 radical (unpaired) electrons. The van der Waals surface area contributed by atoms with Crippen molar-refractivity contribution in [3.63, 3.8) is 0 Å². The number of rotatable bonds is 5. The molecule has 0 aliphatic carbocycles. The van der Waals surface area contributed by atoms with Gasteiger partial charge in [0.15, 0.2) is 0 Å². The van der Waals surface area contributed by atoms with E-state index < -0.39 is 0 Å². The molecule has 0 unspecified atom stereocenters. The molecule has 0 fully saturated rings. The van der Waals surface area contributed by atoms with Crippen molar-refractivity contribution in [2.75, 3.05) is 0 Å². The average Bonchev–Trinajstić information content (AvgIpc) is 2.24. The molecule has 0 atom stereocenters. The van der Waals surface area contributed by atoms with Crippen LogP contribution in [0.2, 0.25) is 5.02 Å². The van der Waals surface area contributed by atoms with E-state index in [0.29, 0.717) is 6.54 Å². The SMILES string of the molecule is C=CCc1ccc(CN)c(Cl)c1CC=C. The van der Waals surface area contributed by atoms with Gasteiger partial charge in [-0.15, -0.1) is 13.2 Å². The molecule has 0 spiro atoms. The highest BCUT2D eigenvalue weighted by atomic mass is 35.5. The van der Waals surface area contributed by atoms with E-state index >= 15 is 0 Å². The van der Waals surface area contributed by atoms with E-state index in [0.717, 1.165) is 29.0 Å². The molecule has 0 heterocycles. The first kappa shape index (κ1) is 12.0. The Bertz CT molecular complexity index is 369. The fourth-order valence-electron chi connectivity index (χ4n) is 1.58. The molecule has 0 saturated carbocycles. The first-order chi connectivity index (χ1) is 7.24. The summed E-state index contributed by atoms with van der Waals surface area (Å²) in [5.74, 6) is 0. The second-order valence-electron chi connectivity index (χ2n) is 3.37. The van der Waals surface area contributed by atoms with E-state index in [1.165, 1.54) is 5.56 Å². The highest BCUT2D eigenvalue weighted by molar-refractivity contribution is 6.32. The van der Waals surface area contributed by atoms with Crippen molar-refractivity contribution in [2.24, 2.45) is 5.73 Å². The maximum Gasteiger partial charge on any atom is 0.0488 e. The van der Waals surface area contributed by atoms with Crippen LogP contribution in [0, 0.1) is 0 Å². The van der Waals surface area contributed by atoms with Crippen molar-refractivity contribution in [3.8, 4) is 0 Å². The van der Waals surface area contributed by atoms with E-state index in [1.807, 2.05) is 18.2 Å². The molecule has 1 aromatic carbocycles. The number of nitrogens with two attached hydrogens (primary N) is 1. The predicted octanol–water partition coefficient (Wildman–Crippen LogP) is 3.26. The molecule has 0 bridgehead atoms. The Hall–Kier alpha value is -1.05. The topological polar surface area (TPSA) is 26.0 Å². The number of halogens is 1. The third-order valence-corrected chi connectivity index (χ3v) is 2.82. The number of hydrogen-bond acceptors (Lipinski definition) is 1. The lowest BCUT2D eigenvalue weighted by molar-refractivity contribution is 1.04. The molecular formula is C13H16ClN. The molecule has 80 valence electrons. The maximum atomic E-state index is 6.27. The zero-order valence-corrected chi connectivity index (χ0v) is 9.56. The molecule has 15 heavy (non-hydrogen) atoms. The Balaban J connectivity index is 3.22. The second kappa shape index (κ2) is 5.74. The molecule has 0 aliphatic heterocycles. The zero-order valence-electron chi connectivity index (χ0n) is 8.80. The van der Waals surface area contributed by atoms with E-state index in [2.05, 4.69) is 19.2 Å². The van der Waals surface area contributed by atoms with Crippen molar-refractivity contribution < 1.29 is 0 Å². The predicted molar refractivity (Wildman–Crippen MR) is 67.1 cm³/mol. The second-order valence-corrected chi connectivity index (χ2v) is 3.74. The standard InChI is InChI=1S/C13H16ClN/c1-3-5-10-7-8-11(9-15)13(14)12(10)6-4-2/h3-4,7-8H,1-2,5-6,9,15H2. The van der Waals surface area contributed by atoms with Crippen LogP contribution >= 0.6 is 11.6 Å². The Labute approximate surface area is 96.2 Å². The van der Waals surface area contributed by atoms with Crippen LogP contribution in [0.5, 0.6) is 0 Å². The molecule has 2 N–H and O–H groups in total. The van der Waals surface area contributed by atoms with Gasteiger partial charge in [-0.2, -0.15) is 0 Å². The van der Waals surface area contributed by atoms with Crippen molar-refractivity contribution in [3.05, 3.63) is 59.2 Å². The molecule has 0 saturated heterocycles.